The molecule has 2 aromatic rings. The highest BCUT2D eigenvalue weighted by Gasteiger charge is 2.23. The van der Waals surface area contributed by atoms with Crippen molar-refractivity contribution in [1.82, 2.24) is 0 Å². The third-order valence-electron chi connectivity index (χ3n) is 5.42. The number of allylic oxidation sites excluding steroid dienone is 1. The molecule has 0 radical (unpaired) electrons. The average Bonchev–Trinajstić information content (AvgIpc) is 2.68. The standard InChI is InChI=1S/C24H30O/c1-3-5-19-6-10-21(11-7-19)23-14-16-24(17-15-23)22-12-8-20(9-13-22)18-25-4-2/h3,5-13,23-24H,4,14-18H2,1-2H3/b5-3+. The van der Waals surface area contributed by atoms with E-state index >= 15 is 0 Å². The minimum absolute atomic E-state index is 0.722. The first-order valence-electron chi connectivity index (χ1n) is 9.69. The summed E-state index contributed by atoms with van der Waals surface area (Å²) in [4.78, 5) is 0. The van der Waals surface area contributed by atoms with E-state index in [1.54, 1.807) is 0 Å². The molecule has 0 atom stereocenters. The molecule has 1 aliphatic rings. The minimum Gasteiger partial charge on any atom is -0.377 e. The highest BCUT2D eigenvalue weighted by Crippen LogP contribution is 2.40. The van der Waals surface area contributed by atoms with Crippen LogP contribution in [0.3, 0.4) is 0 Å². The second-order valence-corrected chi connectivity index (χ2v) is 7.09. The van der Waals surface area contributed by atoms with Crippen molar-refractivity contribution in [2.24, 2.45) is 0 Å². The highest BCUT2D eigenvalue weighted by molar-refractivity contribution is 5.49. The second kappa shape index (κ2) is 9.01. The van der Waals surface area contributed by atoms with E-state index in [9.17, 15) is 0 Å². The third kappa shape index (κ3) is 4.83. The van der Waals surface area contributed by atoms with Gasteiger partial charge in [-0.05, 0) is 73.6 Å². The molecule has 0 heterocycles. The molecule has 25 heavy (non-hydrogen) atoms. The maximum absolute atomic E-state index is 5.49. The predicted octanol–water partition coefficient (Wildman–Crippen LogP) is 6.70. The summed E-state index contributed by atoms with van der Waals surface area (Å²) in [7, 11) is 0. The normalized spacial score (nSPS) is 20.9. The Morgan fingerprint density at radius 3 is 1.84 bits per heavy atom. The van der Waals surface area contributed by atoms with Gasteiger partial charge in [-0.15, -0.1) is 0 Å². The molecule has 0 aromatic heterocycles. The molecule has 0 unspecified atom stereocenters. The van der Waals surface area contributed by atoms with Crippen LogP contribution in [-0.2, 0) is 11.3 Å². The molecule has 0 bridgehead atoms. The van der Waals surface area contributed by atoms with Crippen LogP contribution in [0.2, 0.25) is 0 Å². The zero-order valence-electron chi connectivity index (χ0n) is 15.6. The van der Waals surface area contributed by atoms with Crippen LogP contribution in [-0.4, -0.2) is 6.61 Å². The molecule has 1 nitrogen and oxygen atoms in total. The molecule has 0 saturated heterocycles. The van der Waals surface area contributed by atoms with Gasteiger partial charge in [0, 0.05) is 6.61 Å². The van der Waals surface area contributed by atoms with Gasteiger partial charge in [0.2, 0.25) is 0 Å². The quantitative estimate of drug-likeness (QED) is 0.571. The maximum Gasteiger partial charge on any atom is 0.0716 e. The topological polar surface area (TPSA) is 9.23 Å². The summed E-state index contributed by atoms with van der Waals surface area (Å²) in [6, 6.07) is 18.2. The molecule has 0 aliphatic heterocycles. The fourth-order valence-corrected chi connectivity index (χ4v) is 3.94. The van der Waals surface area contributed by atoms with Crippen LogP contribution in [0.4, 0.5) is 0 Å². The van der Waals surface area contributed by atoms with Gasteiger partial charge in [0.05, 0.1) is 6.61 Å². The lowest BCUT2D eigenvalue weighted by Crippen LogP contribution is -2.12. The second-order valence-electron chi connectivity index (χ2n) is 7.09. The molecule has 3 rings (SSSR count). The predicted molar refractivity (Wildman–Crippen MR) is 107 cm³/mol. The maximum atomic E-state index is 5.49. The summed E-state index contributed by atoms with van der Waals surface area (Å²) in [5, 5.41) is 0. The number of ether oxygens (including phenoxy) is 1. The largest absolute Gasteiger partial charge is 0.377 e. The zero-order chi connectivity index (χ0) is 17.5. The smallest absolute Gasteiger partial charge is 0.0716 e. The molecule has 1 saturated carbocycles. The van der Waals surface area contributed by atoms with E-state index in [2.05, 4.69) is 67.6 Å². The van der Waals surface area contributed by atoms with Crippen LogP contribution in [0, 0.1) is 0 Å². The Bertz CT molecular complexity index is 658. The van der Waals surface area contributed by atoms with Crippen LogP contribution in [0.5, 0.6) is 0 Å². The molecule has 1 aliphatic carbocycles. The Morgan fingerprint density at radius 1 is 0.840 bits per heavy atom. The van der Waals surface area contributed by atoms with Gasteiger partial charge in [0.25, 0.3) is 0 Å². The molecule has 132 valence electrons. The molecular formula is C24H30O. The fraction of sp³-hybridized carbons (Fsp3) is 0.417. The first-order valence-corrected chi connectivity index (χ1v) is 9.69. The van der Waals surface area contributed by atoms with Crippen molar-refractivity contribution in [3.8, 4) is 0 Å². The van der Waals surface area contributed by atoms with Gasteiger partial charge in [-0.1, -0.05) is 60.7 Å². The molecule has 1 fully saturated rings. The molecular weight excluding hydrogens is 304 g/mol. The number of rotatable bonds is 6. The molecule has 1 heteroatoms. The molecule has 0 N–H and O–H groups in total. The van der Waals surface area contributed by atoms with E-state index in [1.807, 2.05) is 6.92 Å². The van der Waals surface area contributed by atoms with Crippen molar-refractivity contribution in [2.45, 2.75) is 58.0 Å². The Kier molecular flexibility index (Phi) is 6.47. The summed E-state index contributed by atoms with van der Waals surface area (Å²) >= 11 is 0. The SMILES string of the molecule is C/C=C/c1ccc(C2CCC(c3ccc(COCC)cc3)CC2)cc1. The molecule has 0 spiro atoms. The average molecular weight is 335 g/mol. The monoisotopic (exact) mass is 334 g/mol. The van der Waals surface area contributed by atoms with E-state index in [0.29, 0.717) is 0 Å². The Morgan fingerprint density at radius 2 is 1.36 bits per heavy atom. The summed E-state index contributed by atoms with van der Waals surface area (Å²) in [6.45, 7) is 5.62. The van der Waals surface area contributed by atoms with Gasteiger partial charge >= 0.3 is 0 Å². The number of hydrogen-bond acceptors (Lipinski definition) is 1. The van der Waals surface area contributed by atoms with Crippen molar-refractivity contribution in [2.75, 3.05) is 6.61 Å². The van der Waals surface area contributed by atoms with Crippen LogP contribution in [0.25, 0.3) is 6.08 Å². The van der Waals surface area contributed by atoms with Crippen molar-refractivity contribution in [3.05, 3.63) is 76.9 Å². The van der Waals surface area contributed by atoms with Gasteiger partial charge in [-0.2, -0.15) is 0 Å². The van der Waals surface area contributed by atoms with Gasteiger partial charge in [-0.3, -0.25) is 0 Å². The lowest BCUT2D eigenvalue weighted by atomic mass is 9.76. The lowest BCUT2D eigenvalue weighted by Gasteiger charge is -2.29. The molecule has 2 aromatic carbocycles. The van der Waals surface area contributed by atoms with Crippen LogP contribution in [0.15, 0.2) is 54.6 Å². The fourth-order valence-electron chi connectivity index (χ4n) is 3.94. The Labute approximate surface area is 152 Å². The number of hydrogen-bond donors (Lipinski definition) is 0. The van der Waals surface area contributed by atoms with Crippen LogP contribution in [0.1, 0.15) is 73.6 Å². The summed E-state index contributed by atoms with van der Waals surface area (Å²) in [6.07, 6.45) is 9.45. The van der Waals surface area contributed by atoms with E-state index < -0.39 is 0 Å². The third-order valence-corrected chi connectivity index (χ3v) is 5.42. The minimum atomic E-state index is 0.722. The van der Waals surface area contributed by atoms with E-state index in [-0.39, 0.29) is 0 Å². The summed E-state index contributed by atoms with van der Waals surface area (Å²) < 4.78 is 5.49. The Hall–Kier alpha value is -1.86. The van der Waals surface area contributed by atoms with Gasteiger partial charge in [0.1, 0.15) is 0 Å². The first-order chi connectivity index (χ1) is 12.3. The number of benzene rings is 2. The first kappa shape index (κ1) is 17.9. The van der Waals surface area contributed by atoms with E-state index in [0.717, 1.165) is 25.0 Å². The van der Waals surface area contributed by atoms with Crippen molar-refractivity contribution >= 4 is 6.08 Å². The summed E-state index contributed by atoms with van der Waals surface area (Å²) in [5.74, 6) is 1.45. The zero-order valence-corrected chi connectivity index (χ0v) is 15.6. The van der Waals surface area contributed by atoms with Crippen LogP contribution >= 0.6 is 0 Å². The molecule has 0 amide bonds. The van der Waals surface area contributed by atoms with Crippen molar-refractivity contribution in [1.29, 1.82) is 0 Å². The van der Waals surface area contributed by atoms with Gasteiger partial charge in [0.15, 0.2) is 0 Å². The lowest BCUT2D eigenvalue weighted by molar-refractivity contribution is 0.134. The van der Waals surface area contributed by atoms with Gasteiger partial charge < -0.3 is 4.74 Å². The van der Waals surface area contributed by atoms with Crippen LogP contribution < -0.4 is 0 Å². The highest BCUT2D eigenvalue weighted by atomic mass is 16.5. The Balaban J connectivity index is 1.56. The van der Waals surface area contributed by atoms with Gasteiger partial charge in [-0.25, -0.2) is 0 Å². The van der Waals surface area contributed by atoms with Crippen molar-refractivity contribution < 1.29 is 4.74 Å². The van der Waals surface area contributed by atoms with E-state index in [4.69, 9.17) is 4.74 Å². The van der Waals surface area contributed by atoms with E-state index in [1.165, 1.54) is 47.9 Å². The summed E-state index contributed by atoms with van der Waals surface area (Å²) in [5.41, 5.74) is 5.59. The van der Waals surface area contributed by atoms with Crippen molar-refractivity contribution in [3.63, 3.8) is 0 Å².